The molecule has 1 heterocycles. The third kappa shape index (κ3) is 1.48. The van der Waals surface area contributed by atoms with Crippen LogP contribution in [0.2, 0.25) is 0 Å². The molecule has 1 aromatic heterocycles. The number of hydrogen-bond acceptors (Lipinski definition) is 2. The summed E-state index contributed by atoms with van der Waals surface area (Å²) >= 11 is 0. The van der Waals surface area contributed by atoms with E-state index >= 15 is 0 Å². The van der Waals surface area contributed by atoms with Gasteiger partial charge in [0.2, 0.25) is 0 Å². The van der Waals surface area contributed by atoms with Gasteiger partial charge in [-0.1, -0.05) is 6.08 Å². The molecule has 0 saturated heterocycles. The van der Waals surface area contributed by atoms with Crippen molar-refractivity contribution in [1.82, 2.24) is 0 Å². The summed E-state index contributed by atoms with van der Waals surface area (Å²) < 4.78 is 4.79. The van der Waals surface area contributed by atoms with Crippen LogP contribution in [0.15, 0.2) is 35.7 Å². The summed E-state index contributed by atoms with van der Waals surface area (Å²) in [5.74, 6) is 0. The number of hydrogen-bond donors (Lipinski definition) is 1. The van der Waals surface area contributed by atoms with Gasteiger partial charge in [0.25, 0.3) is 0 Å². The van der Waals surface area contributed by atoms with Gasteiger partial charge in [-0.05, 0) is 12.5 Å². The lowest BCUT2D eigenvalue weighted by Crippen LogP contribution is -1.91. The minimum Gasteiger partial charge on any atom is -0.472 e. The Morgan fingerprint density at radius 1 is 1.80 bits per heavy atom. The molecule has 0 bridgehead atoms. The standard InChI is InChI=1S/C8H10O2/c1-2-3-8(9)7-4-5-10-6-7/h2,4-6,8-9H,1,3H2. The van der Waals surface area contributed by atoms with E-state index in [0.29, 0.717) is 6.42 Å². The monoisotopic (exact) mass is 138 g/mol. The predicted molar refractivity (Wildman–Crippen MR) is 38.5 cm³/mol. The van der Waals surface area contributed by atoms with Gasteiger partial charge in [0.05, 0.1) is 18.6 Å². The molecule has 0 saturated carbocycles. The smallest absolute Gasteiger partial charge is 0.0960 e. The molecule has 1 rings (SSSR count). The summed E-state index contributed by atoms with van der Waals surface area (Å²) in [7, 11) is 0. The summed E-state index contributed by atoms with van der Waals surface area (Å²) in [6.45, 7) is 3.52. The van der Waals surface area contributed by atoms with E-state index in [-0.39, 0.29) is 0 Å². The normalized spacial score (nSPS) is 12.9. The largest absolute Gasteiger partial charge is 0.472 e. The second kappa shape index (κ2) is 3.22. The first-order valence-corrected chi connectivity index (χ1v) is 3.15. The van der Waals surface area contributed by atoms with Crippen molar-refractivity contribution in [3.63, 3.8) is 0 Å². The molecule has 1 aromatic rings. The van der Waals surface area contributed by atoms with E-state index in [1.54, 1.807) is 18.4 Å². The summed E-state index contributed by atoms with van der Waals surface area (Å²) in [6.07, 6.45) is 4.86. The first-order valence-electron chi connectivity index (χ1n) is 3.15. The highest BCUT2D eigenvalue weighted by molar-refractivity contribution is 5.09. The van der Waals surface area contributed by atoms with Crippen LogP contribution in [-0.2, 0) is 0 Å². The highest BCUT2D eigenvalue weighted by Gasteiger charge is 2.04. The SMILES string of the molecule is C=CCC(O)c1ccoc1. The maximum absolute atomic E-state index is 9.28. The van der Waals surface area contributed by atoms with Gasteiger partial charge >= 0.3 is 0 Å². The molecule has 0 aromatic carbocycles. The maximum atomic E-state index is 9.28. The van der Waals surface area contributed by atoms with Gasteiger partial charge in [-0.2, -0.15) is 0 Å². The Labute approximate surface area is 59.8 Å². The van der Waals surface area contributed by atoms with Crippen LogP contribution in [0.25, 0.3) is 0 Å². The third-order valence-electron chi connectivity index (χ3n) is 1.32. The Bertz CT molecular complexity index is 189. The number of furan rings is 1. The van der Waals surface area contributed by atoms with Crippen LogP contribution in [0, 0.1) is 0 Å². The molecule has 1 N–H and O–H groups in total. The molecular formula is C8H10O2. The van der Waals surface area contributed by atoms with Crippen LogP contribution in [0.3, 0.4) is 0 Å². The molecule has 1 unspecified atom stereocenters. The zero-order valence-electron chi connectivity index (χ0n) is 5.66. The molecular weight excluding hydrogens is 128 g/mol. The Hall–Kier alpha value is -1.02. The van der Waals surface area contributed by atoms with Crippen molar-refractivity contribution in [3.8, 4) is 0 Å². The van der Waals surface area contributed by atoms with Crippen LogP contribution in [0.1, 0.15) is 18.1 Å². The van der Waals surface area contributed by atoms with Gasteiger partial charge in [-0.3, -0.25) is 0 Å². The molecule has 0 fully saturated rings. The number of aliphatic hydroxyl groups is 1. The minimum atomic E-state index is -0.462. The van der Waals surface area contributed by atoms with Crippen molar-refractivity contribution >= 4 is 0 Å². The van der Waals surface area contributed by atoms with Gasteiger partial charge in [-0.15, -0.1) is 6.58 Å². The molecule has 2 nitrogen and oxygen atoms in total. The molecule has 0 spiro atoms. The molecule has 1 atom stereocenters. The highest BCUT2D eigenvalue weighted by Crippen LogP contribution is 2.16. The average Bonchev–Trinajstić information content (AvgIpc) is 2.38. The summed E-state index contributed by atoms with van der Waals surface area (Å²) in [6, 6.07) is 1.74. The first-order chi connectivity index (χ1) is 4.84. The Morgan fingerprint density at radius 3 is 3.10 bits per heavy atom. The van der Waals surface area contributed by atoms with Crippen molar-refractivity contribution in [1.29, 1.82) is 0 Å². The fraction of sp³-hybridized carbons (Fsp3) is 0.250. The number of aliphatic hydroxyl groups excluding tert-OH is 1. The van der Waals surface area contributed by atoms with E-state index in [0.717, 1.165) is 5.56 Å². The average molecular weight is 138 g/mol. The highest BCUT2D eigenvalue weighted by atomic mass is 16.3. The third-order valence-corrected chi connectivity index (χ3v) is 1.32. The van der Waals surface area contributed by atoms with E-state index in [2.05, 4.69) is 6.58 Å². The lowest BCUT2D eigenvalue weighted by atomic mass is 10.1. The Kier molecular flexibility index (Phi) is 2.29. The molecule has 54 valence electrons. The zero-order chi connectivity index (χ0) is 7.40. The van der Waals surface area contributed by atoms with Crippen LogP contribution in [0.4, 0.5) is 0 Å². The van der Waals surface area contributed by atoms with Crippen LogP contribution in [-0.4, -0.2) is 5.11 Å². The maximum Gasteiger partial charge on any atom is 0.0960 e. The summed E-state index contributed by atoms with van der Waals surface area (Å²) in [5, 5.41) is 9.28. The van der Waals surface area contributed by atoms with Gasteiger partial charge in [-0.25, -0.2) is 0 Å². The Balaban J connectivity index is 2.58. The van der Waals surface area contributed by atoms with E-state index < -0.39 is 6.10 Å². The van der Waals surface area contributed by atoms with Gasteiger partial charge < -0.3 is 9.52 Å². The van der Waals surface area contributed by atoms with Crippen molar-refractivity contribution in [2.45, 2.75) is 12.5 Å². The van der Waals surface area contributed by atoms with Crippen molar-refractivity contribution in [2.75, 3.05) is 0 Å². The van der Waals surface area contributed by atoms with E-state index in [1.165, 1.54) is 6.26 Å². The van der Waals surface area contributed by atoms with E-state index in [9.17, 15) is 5.11 Å². The second-order valence-electron chi connectivity index (χ2n) is 2.10. The van der Waals surface area contributed by atoms with Crippen LogP contribution < -0.4 is 0 Å². The number of rotatable bonds is 3. The molecule has 0 aliphatic rings. The molecule has 10 heavy (non-hydrogen) atoms. The topological polar surface area (TPSA) is 33.4 Å². The summed E-state index contributed by atoms with van der Waals surface area (Å²) in [4.78, 5) is 0. The van der Waals surface area contributed by atoms with Crippen molar-refractivity contribution < 1.29 is 9.52 Å². The molecule has 0 amide bonds. The molecule has 0 radical (unpaired) electrons. The zero-order valence-corrected chi connectivity index (χ0v) is 5.66. The lowest BCUT2D eigenvalue weighted by Gasteiger charge is -2.01. The second-order valence-corrected chi connectivity index (χ2v) is 2.10. The lowest BCUT2D eigenvalue weighted by molar-refractivity contribution is 0.181. The quantitative estimate of drug-likeness (QED) is 0.647. The molecule has 0 aliphatic carbocycles. The van der Waals surface area contributed by atoms with Crippen LogP contribution >= 0.6 is 0 Å². The fourth-order valence-corrected chi connectivity index (χ4v) is 0.759. The van der Waals surface area contributed by atoms with Gasteiger partial charge in [0.15, 0.2) is 0 Å². The molecule has 2 heteroatoms. The van der Waals surface area contributed by atoms with Crippen molar-refractivity contribution in [3.05, 3.63) is 36.8 Å². The predicted octanol–water partition coefficient (Wildman–Crippen LogP) is 1.89. The van der Waals surface area contributed by atoms with E-state index in [1.807, 2.05) is 0 Å². The fourth-order valence-electron chi connectivity index (χ4n) is 0.759. The first kappa shape index (κ1) is 7.09. The molecule has 0 aliphatic heterocycles. The van der Waals surface area contributed by atoms with E-state index in [4.69, 9.17) is 4.42 Å². The van der Waals surface area contributed by atoms with Crippen molar-refractivity contribution in [2.24, 2.45) is 0 Å². The van der Waals surface area contributed by atoms with Gasteiger partial charge in [0, 0.05) is 5.56 Å². The van der Waals surface area contributed by atoms with Gasteiger partial charge in [0.1, 0.15) is 0 Å². The summed E-state index contributed by atoms with van der Waals surface area (Å²) in [5.41, 5.74) is 0.805. The Morgan fingerprint density at radius 2 is 2.60 bits per heavy atom. The van der Waals surface area contributed by atoms with Crippen LogP contribution in [0.5, 0.6) is 0 Å². The minimum absolute atomic E-state index is 0.462.